The van der Waals surface area contributed by atoms with Gasteiger partial charge in [0.25, 0.3) is 10.0 Å². The van der Waals surface area contributed by atoms with Crippen LogP contribution in [0.5, 0.6) is 11.5 Å². The molecule has 0 fully saturated rings. The molecule has 0 bridgehead atoms. The molecule has 0 spiro atoms. The Labute approximate surface area is 166 Å². The molecule has 0 aliphatic carbocycles. The number of nitrogens with one attached hydrogen (secondary N) is 1. The zero-order chi connectivity index (χ0) is 20.9. The van der Waals surface area contributed by atoms with Crippen LogP contribution in [0.2, 0.25) is 0 Å². The van der Waals surface area contributed by atoms with Crippen LogP contribution in [-0.4, -0.2) is 43.4 Å². The number of benzene rings is 2. The summed E-state index contributed by atoms with van der Waals surface area (Å²) >= 11 is 0. The lowest BCUT2D eigenvalue weighted by Crippen LogP contribution is -2.24. The molecule has 0 heterocycles. The van der Waals surface area contributed by atoms with Crippen molar-refractivity contribution in [2.24, 2.45) is 0 Å². The van der Waals surface area contributed by atoms with Gasteiger partial charge in [-0.2, -0.15) is 0 Å². The highest BCUT2D eigenvalue weighted by atomic mass is 32.2. The quantitative estimate of drug-likeness (QED) is 0.659. The first-order chi connectivity index (χ1) is 13.1. The van der Waals surface area contributed by atoms with E-state index in [1.807, 2.05) is 6.92 Å². The average Bonchev–Trinajstić information content (AvgIpc) is 2.62. The van der Waals surface area contributed by atoms with Crippen molar-refractivity contribution in [3.05, 3.63) is 42.5 Å². The zero-order valence-corrected chi connectivity index (χ0v) is 17.8. The average molecular weight is 429 g/mol. The van der Waals surface area contributed by atoms with Gasteiger partial charge in [-0.1, -0.05) is 6.07 Å². The van der Waals surface area contributed by atoms with Crippen molar-refractivity contribution in [1.29, 1.82) is 0 Å². The van der Waals surface area contributed by atoms with Crippen LogP contribution in [0.3, 0.4) is 0 Å². The van der Waals surface area contributed by atoms with E-state index in [9.17, 15) is 16.8 Å². The molecule has 2 rings (SSSR count). The Bertz CT molecular complexity index is 1040. The van der Waals surface area contributed by atoms with Gasteiger partial charge in [0.2, 0.25) is 10.0 Å². The second-order valence-corrected chi connectivity index (χ2v) is 9.56. The largest absolute Gasteiger partial charge is 0.490 e. The first-order valence-electron chi connectivity index (χ1n) is 8.55. The standard InChI is InChI=1S/C18H24N2O6S2/c1-5-25-17-11-10-16(13-18(17)26-6-2)28(23,24)19-14-8-7-9-15(12-14)20(3)27(4,21)22/h7-13,19H,5-6H2,1-4H3. The smallest absolute Gasteiger partial charge is 0.262 e. The minimum absolute atomic E-state index is 0.00118. The van der Waals surface area contributed by atoms with Crippen molar-refractivity contribution < 1.29 is 26.3 Å². The summed E-state index contributed by atoms with van der Waals surface area (Å²) in [5, 5.41) is 0. The van der Waals surface area contributed by atoms with E-state index >= 15 is 0 Å². The maximum Gasteiger partial charge on any atom is 0.262 e. The Morgan fingerprint density at radius 1 is 0.929 bits per heavy atom. The van der Waals surface area contributed by atoms with Gasteiger partial charge in [0.1, 0.15) is 0 Å². The number of sulfonamides is 2. The Morgan fingerprint density at radius 2 is 1.57 bits per heavy atom. The molecule has 10 heteroatoms. The van der Waals surface area contributed by atoms with Gasteiger partial charge in [0.15, 0.2) is 11.5 Å². The summed E-state index contributed by atoms with van der Waals surface area (Å²) in [6.45, 7) is 4.39. The summed E-state index contributed by atoms with van der Waals surface area (Å²) in [4.78, 5) is 0.00118. The van der Waals surface area contributed by atoms with E-state index in [4.69, 9.17) is 9.47 Å². The normalized spacial score (nSPS) is 11.7. The van der Waals surface area contributed by atoms with Gasteiger partial charge in [0.05, 0.1) is 35.7 Å². The van der Waals surface area contributed by atoms with E-state index in [1.165, 1.54) is 37.4 Å². The van der Waals surface area contributed by atoms with E-state index in [-0.39, 0.29) is 10.6 Å². The highest BCUT2D eigenvalue weighted by Gasteiger charge is 2.19. The molecule has 0 saturated carbocycles. The third-order valence-corrected chi connectivity index (χ3v) is 6.37. The molecule has 2 aromatic rings. The van der Waals surface area contributed by atoms with Crippen LogP contribution in [0.1, 0.15) is 13.8 Å². The Kier molecular flexibility index (Phi) is 6.78. The van der Waals surface area contributed by atoms with Gasteiger partial charge in [0, 0.05) is 13.1 Å². The Morgan fingerprint density at radius 3 is 2.18 bits per heavy atom. The predicted octanol–water partition coefficient (Wildman–Crippen LogP) is 2.68. The summed E-state index contributed by atoms with van der Waals surface area (Å²) in [6.07, 6.45) is 1.07. The molecule has 0 atom stereocenters. The fraction of sp³-hybridized carbons (Fsp3) is 0.333. The van der Waals surface area contributed by atoms with Crippen molar-refractivity contribution in [2.45, 2.75) is 18.7 Å². The van der Waals surface area contributed by atoms with Gasteiger partial charge in [-0.05, 0) is 44.2 Å². The molecule has 2 aromatic carbocycles. The highest BCUT2D eigenvalue weighted by molar-refractivity contribution is 7.92. The lowest BCUT2D eigenvalue weighted by Gasteiger charge is -2.18. The van der Waals surface area contributed by atoms with E-state index in [2.05, 4.69) is 4.72 Å². The van der Waals surface area contributed by atoms with Crippen LogP contribution < -0.4 is 18.5 Å². The third kappa shape index (κ3) is 5.29. The Hall–Kier alpha value is -2.46. The molecular formula is C18H24N2O6S2. The molecule has 0 aliphatic heterocycles. The van der Waals surface area contributed by atoms with Crippen LogP contribution >= 0.6 is 0 Å². The molecule has 0 unspecified atom stereocenters. The molecule has 154 valence electrons. The van der Waals surface area contributed by atoms with Crippen LogP contribution in [0.15, 0.2) is 47.4 Å². The number of rotatable bonds is 9. The molecule has 8 nitrogen and oxygen atoms in total. The third-order valence-electron chi connectivity index (χ3n) is 3.78. The first-order valence-corrected chi connectivity index (χ1v) is 11.9. The number of hydrogen-bond donors (Lipinski definition) is 1. The van der Waals surface area contributed by atoms with E-state index in [0.29, 0.717) is 30.4 Å². The molecule has 0 amide bonds. The van der Waals surface area contributed by atoms with Gasteiger partial charge in [-0.3, -0.25) is 9.03 Å². The van der Waals surface area contributed by atoms with E-state index < -0.39 is 20.0 Å². The fourth-order valence-corrected chi connectivity index (χ4v) is 3.93. The number of ether oxygens (including phenoxy) is 2. The lowest BCUT2D eigenvalue weighted by atomic mass is 10.3. The van der Waals surface area contributed by atoms with Crippen molar-refractivity contribution in [2.75, 3.05) is 35.5 Å². The minimum atomic E-state index is -3.92. The number of anilines is 2. The maximum absolute atomic E-state index is 12.8. The van der Waals surface area contributed by atoms with Crippen LogP contribution in [-0.2, 0) is 20.0 Å². The minimum Gasteiger partial charge on any atom is -0.490 e. The molecular weight excluding hydrogens is 404 g/mol. The van der Waals surface area contributed by atoms with Gasteiger partial charge in [-0.25, -0.2) is 16.8 Å². The topological polar surface area (TPSA) is 102 Å². The molecule has 0 aromatic heterocycles. The van der Waals surface area contributed by atoms with Crippen LogP contribution in [0.25, 0.3) is 0 Å². The molecule has 28 heavy (non-hydrogen) atoms. The number of hydrogen-bond acceptors (Lipinski definition) is 6. The zero-order valence-electron chi connectivity index (χ0n) is 16.2. The lowest BCUT2D eigenvalue weighted by molar-refractivity contribution is 0.287. The van der Waals surface area contributed by atoms with Gasteiger partial charge in [-0.15, -0.1) is 0 Å². The summed E-state index contributed by atoms with van der Waals surface area (Å²) < 4.78 is 63.4. The highest BCUT2D eigenvalue weighted by Crippen LogP contribution is 2.31. The van der Waals surface area contributed by atoms with Crippen molar-refractivity contribution in [3.63, 3.8) is 0 Å². The second kappa shape index (κ2) is 8.70. The van der Waals surface area contributed by atoms with E-state index in [1.54, 1.807) is 19.1 Å². The first kappa shape index (κ1) is 21.8. The van der Waals surface area contributed by atoms with Crippen LogP contribution in [0.4, 0.5) is 11.4 Å². The van der Waals surface area contributed by atoms with Crippen molar-refractivity contribution >= 4 is 31.4 Å². The Balaban J connectivity index is 2.35. The number of nitrogens with zero attached hydrogens (tertiary/aromatic N) is 1. The summed E-state index contributed by atoms with van der Waals surface area (Å²) in [6, 6.07) is 10.5. The second-order valence-electron chi connectivity index (χ2n) is 5.86. The fourth-order valence-electron chi connectivity index (χ4n) is 2.37. The van der Waals surface area contributed by atoms with Crippen LogP contribution in [0, 0.1) is 0 Å². The van der Waals surface area contributed by atoms with Crippen molar-refractivity contribution in [3.8, 4) is 11.5 Å². The van der Waals surface area contributed by atoms with Gasteiger partial charge < -0.3 is 9.47 Å². The van der Waals surface area contributed by atoms with E-state index in [0.717, 1.165) is 10.6 Å². The molecule has 0 aliphatic rings. The summed E-state index contributed by atoms with van der Waals surface area (Å²) in [7, 11) is -5.99. The molecule has 0 saturated heterocycles. The SMILES string of the molecule is CCOc1ccc(S(=O)(=O)Nc2cccc(N(C)S(C)(=O)=O)c2)cc1OCC. The monoisotopic (exact) mass is 428 g/mol. The maximum atomic E-state index is 12.8. The summed E-state index contributed by atoms with van der Waals surface area (Å²) in [5.41, 5.74) is 0.573. The van der Waals surface area contributed by atoms with Gasteiger partial charge >= 0.3 is 0 Å². The molecule has 1 N–H and O–H groups in total. The molecule has 0 radical (unpaired) electrons. The van der Waals surface area contributed by atoms with Crippen molar-refractivity contribution in [1.82, 2.24) is 0 Å². The summed E-state index contributed by atoms with van der Waals surface area (Å²) in [5.74, 6) is 0.790. The predicted molar refractivity (Wildman–Crippen MR) is 109 cm³/mol.